The smallest absolute Gasteiger partial charge is 0.161 e. The molecule has 60 valence electrons. The van der Waals surface area contributed by atoms with Gasteiger partial charge in [-0.15, -0.1) is 11.3 Å². The number of Topliss-reactive ketones (excluding diaryl/α,β-unsaturated/α-hetero) is 1. The summed E-state index contributed by atoms with van der Waals surface area (Å²) in [6.45, 7) is 2.90. The van der Waals surface area contributed by atoms with E-state index in [4.69, 9.17) is 0 Å². The third-order valence-corrected chi connectivity index (χ3v) is 2.51. The Labute approximate surface area is 68.9 Å². The van der Waals surface area contributed by atoms with Crippen LogP contribution in [0, 0.1) is 0 Å². The Morgan fingerprint density at radius 1 is 1.73 bits per heavy atom. The maximum absolute atomic E-state index is 12.7. The largest absolute Gasteiger partial charge is 0.294 e. The van der Waals surface area contributed by atoms with E-state index >= 15 is 0 Å². The third kappa shape index (κ3) is 1.66. The van der Waals surface area contributed by atoms with Gasteiger partial charge in [0.1, 0.15) is 6.17 Å². The quantitative estimate of drug-likeness (QED) is 0.627. The normalized spacial score (nSPS) is 13.0. The van der Waals surface area contributed by atoms with Crippen molar-refractivity contribution in [2.24, 2.45) is 0 Å². The molecule has 3 heteroatoms. The highest BCUT2D eigenvalue weighted by Crippen LogP contribution is 2.26. The first-order valence-corrected chi connectivity index (χ1v) is 4.23. The van der Waals surface area contributed by atoms with Crippen LogP contribution >= 0.6 is 11.3 Å². The van der Waals surface area contributed by atoms with Crippen molar-refractivity contribution in [1.29, 1.82) is 0 Å². The summed E-state index contributed by atoms with van der Waals surface area (Å²) in [7, 11) is 0. The van der Waals surface area contributed by atoms with E-state index in [1.807, 2.05) is 0 Å². The number of hydrogen-bond donors (Lipinski definition) is 0. The fourth-order valence-electron chi connectivity index (χ4n) is 0.920. The van der Waals surface area contributed by atoms with Crippen molar-refractivity contribution in [2.45, 2.75) is 20.0 Å². The molecule has 0 saturated heterocycles. The van der Waals surface area contributed by atoms with Gasteiger partial charge in [-0.05, 0) is 25.3 Å². The number of carbonyl (C=O) groups is 1. The summed E-state index contributed by atoms with van der Waals surface area (Å²) in [5.74, 6) is -0.0641. The van der Waals surface area contributed by atoms with Crippen molar-refractivity contribution in [3.63, 3.8) is 0 Å². The monoisotopic (exact) mass is 172 g/mol. The Morgan fingerprint density at radius 2 is 2.36 bits per heavy atom. The van der Waals surface area contributed by atoms with E-state index in [9.17, 15) is 9.18 Å². The fraction of sp³-hybridized carbons (Fsp3) is 0.375. The first-order chi connectivity index (χ1) is 5.13. The van der Waals surface area contributed by atoms with Crippen LogP contribution in [0.4, 0.5) is 4.39 Å². The minimum absolute atomic E-state index is 0.0641. The van der Waals surface area contributed by atoms with Gasteiger partial charge in [0.2, 0.25) is 0 Å². The van der Waals surface area contributed by atoms with Crippen molar-refractivity contribution in [3.05, 3.63) is 21.9 Å². The molecule has 1 rings (SSSR count). The third-order valence-electron chi connectivity index (χ3n) is 1.44. The number of alkyl halides is 1. The van der Waals surface area contributed by atoms with Crippen LogP contribution < -0.4 is 0 Å². The number of carbonyl (C=O) groups excluding carboxylic acids is 1. The number of ketones is 1. The Hall–Kier alpha value is -0.700. The molecular formula is C8H9FOS. The first-order valence-electron chi connectivity index (χ1n) is 3.35. The molecule has 0 aliphatic rings. The molecule has 1 aromatic heterocycles. The Balaban J connectivity index is 3.06. The maximum Gasteiger partial charge on any atom is 0.161 e. The van der Waals surface area contributed by atoms with Crippen molar-refractivity contribution in [3.8, 4) is 0 Å². The fourth-order valence-corrected chi connectivity index (χ4v) is 1.80. The SMILES string of the molecule is CC(=O)c1ccsc1C(C)F. The molecule has 0 aliphatic carbocycles. The summed E-state index contributed by atoms with van der Waals surface area (Å²) in [6.07, 6.45) is -1.03. The highest BCUT2D eigenvalue weighted by Gasteiger charge is 2.13. The van der Waals surface area contributed by atoms with E-state index in [0.717, 1.165) is 0 Å². The average Bonchev–Trinajstić information content (AvgIpc) is 2.32. The minimum atomic E-state index is -1.03. The molecular weight excluding hydrogens is 163 g/mol. The van der Waals surface area contributed by atoms with Gasteiger partial charge in [0.15, 0.2) is 5.78 Å². The van der Waals surface area contributed by atoms with E-state index in [1.54, 1.807) is 11.4 Å². The van der Waals surface area contributed by atoms with Crippen LogP contribution in [0.1, 0.15) is 35.3 Å². The molecule has 0 saturated carbocycles. The lowest BCUT2D eigenvalue weighted by atomic mass is 10.1. The van der Waals surface area contributed by atoms with Gasteiger partial charge in [-0.1, -0.05) is 0 Å². The zero-order valence-corrected chi connectivity index (χ0v) is 7.24. The molecule has 1 heterocycles. The molecule has 1 aromatic rings. The molecule has 1 nitrogen and oxygen atoms in total. The van der Waals surface area contributed by atoms with Crippen molar-refractivity contribution in [1.82, 2.24) is 0 Å². The lowest BCUT2D eigenvalue weighted by molar-refractivity contribution is 0.101. The van der Waals surface area contributed by atoms with Gasteiger partial charge in [0, 0.05) is 10.4 Å². The molecule has 0 bridgehead atoms. The van der Waals surface area contributed by atoms with Gasteiger partial charge in [0.05, 0.1) is 0 Å². The van der Waals surface area contributed by atoms with E-state index < -0.39 is 6.17 Å². The van der Waals surface area contributed by atoms with Gasteiger partial charge >= 0.3 is 0 Å². The number of halogens is 1. The topological polar surface area (TPSA) is 17.1 Å². The van der Waals surface area contributed by atoms with Crippen LogP contribution in [0.3, 0.4) is 0 Å². The van der Waals surface area contributed by atoms with Crippen molar-refractivity contribution in [2.75, 3.05) is 0 Å². The molecule has 0 radical (unpaired) electrons. The number of hydrogen-bond acceptors (Lipinski definition) is 2. The second kappa shape index (κ2) is 3.13. The van der Waals surface area contributed by atoms with Crippen LogP contribution in [-0.2, 0) is 0 Å². The molecule has 0 N–H and O–H groups in total. The predicted octanol–water partition coefficient (Wildman–Crippen LogP) is 2.98. The molecule has 0 aliphatic heterocycles. The lowest BCUT2D eigenvalue weighted by Crippen LogP contribution is -1.94. The summed E-state index contributed by atoms with van der Waals surface area (Å²) in [5, 5.41) is 1.74. The van der Waals surface area contributed by atoms with E-state index in [1.165, 1.54) is 25.2 Å². The van der Waals surface area contributed by atoms with Gasteiger partial charge in [-0.2, -0.15) is 0 Å². The summed E-state index contributed by atoms with van der Waals surface area (Å²) in [6, 6.07) is 1.67. The Morgan fingerprint density at radius 3 is 2.73 bits per heavy atom. The standard InChI is InChI=1S/C8H9FOS/c1-5(9)8-7(6(2)10)3-4-11-8/h3-5H,1-2H3. The van der Waals surface area contributed by atoms with Crippen LogP contribution in [0.25, 0.3) is 0 Å². The zero-order chi connectivity index (χ0) is 8.43. The summed E-state index contributed by atoms with van der Waals surface area (Å²) < 4.78 is 12.7. The van der Waals surface area contributed by atoms with Gasteiger partial charge in [0.25, 0.3) is 0 Å². The average molecular weight is 172 g/mol. The molecule has 0 aromatic carbocycles. The molecule has 11 heavy (non-hydrogen) atoms. The minimum Gasteiger partial charge on any atom is -0.294 e. The van der Waals surface area contributed by atoms with E-state index in [0.29, 0.717) is 10.4 Å². The summed E-state index contributed by atoms with van der Waals surface area (Å²) >= 11 is 1.29. The predicted molar refractivity (Wildman–Crippen MR) is 43.8 cm³/mol. The van der Waals surface area contributed by atoms with Crippen molar-refractivity contribution >= 4 is 17.1 Å². The number of thiophene rings is 1. The summed E-state index contributed by atoms with van der Waals surface area (Å²) in [4.78, 5) is 11.4. The maximum atomic E-state index is 12.7. The molecule has 0 fully saturated rings. The van der Waals surface area contributed by atoms with E-state index in [-0.39, 0.29) is 5.78 Å². The second-order valence-electron chi connectivity index (χ2n) is 2.37. The van der Waals surface area contributed by atoms with Crippen LogP contribution in [-0.4, -0.2) is 5.78 Å². The lowest BCUT2D eigenvalue weighted by Gasteiger charge is -1.99. The Bertz CT molecular complexity index is 265. The highest BCUT2D eigenvalue weighted by atomic mass is 32.1. The highest BCUT2D eigenvalue weighted by molar-refractivity contribution is 7.10. The van der Waals surface area contributed by atoms with Crippen LogP contribution in [0.2, 0.25) is 0 Å². The number of rotatable bonds is 2. The van der Waals surface area contributed by atoms with E-state index in [2.05, 4.69) is 0 Å². The molecule has 0 spiro atoms. The van der Waals surface area contributed by atoms with Gasteiger partial charge < -0.3 is 0 Å². The van der Waals surface area contributed by atoms with Crippen molar-refractivity contribution < 1.29 is 9.18 Å². The molecule has 0 amide bonds. The Kier molecular flexibility index (Phi) is 2.39. The van der Waals surface area contributed by atoms with Gasteiger partial charge in [-0.3, -0.25) is 4.79 Å². The second-order valence-corrected chi connectivity index (χ2v) is 3.32. The molecule has 1 unspecified atom stereocenters. The summed E-state index contributed by atoms with van der Waals surface area (Å²) in [5.41, 5.74) is 0.519. The van der Waals surface area contributed by atoms with Crippen LogP contribution in [0.5, 0.6) is 0 Å². The van der Waals surface area contributed by atoms with Crippen LogP contribution in [0.15, 0.2) is 11.4 Å². The first kappa shape index (κ1) is 8.40. The zero-order valence-electron chi connectivity index (χ0n) is 6.43. The molecule has 1 atom stereocenters. The van der Waals surface area contributed by atoms with Gasteiger partial charge in [-0.25, -0.2) is 4.39 Å².